The molecule has 2 saturated carbocycles. The number of hydrogen-bond acceptors (Lipinski definition) is 1. The van der Waals surface area contributed by atoms with Gasteiger partial charge in [-0.25, -0.2) is 0 Å². The van der Waals surface area contributed by atoms with Crippen molar-refractivity contribution in [1.29, 1.82) is 0 Å². The van der Waals surface area contributed by atoms with Crippen molar-refractivity contribution >= 4 is 5.78 Å². The third kappa shape index (κ3) is 0.664. The molecule has 10 heavy (non-hydrogen) atoms. The van der Waals surface area contributed by atoms with Crippen LogP contribution in [0.25, 0.3) is 0 Å². The van der Waals surface area contributed by atoms with Gasteiger partial charge in [-0.1, -0.05) is 13.8 Å². The largest absolute Gasteiger partial charge is 0.299 e. The van der Waals surface area contributed by atoms with E-state index in [2.05, 4.69) is 13.8 Å². The first-order valence-corrected chi connectivity index (χ1v) is 4.12. The Morgan fingerprint density at radius 3 is 2.50 bits per heavy atom. The maximum atomic E-state index is 11.3. The van der Waals surface area contributed by atoms with Gasteiger partial charge < -0.3 is 0 Å². The smallest absolute Gasteiger partial charge is 0.136 e. The van der Waals surface area contributed by atoms with E-state index in [1.54, 1.807) is 0 Å². The Morgan fingerprint density at radius 2 is 2.20 bits per heavy atom. The molecule has 0 N–H and O–H groups in total. The molecule has 0 aliphatic heterocycles. The van der Waals surface area contributed by atoms with Gasteiger partial charge in [0.2, 0.25) is 0 Å². The molecule has 2 fully saturated rings. The fourth-order valence-electron chi connectivity index (χ4n) is 2.77. The van der Waals surface area contributed by atoms with Gasteiger partial charge in [0.1, 0.15) is 5.78 Å². The van der Waals surface area contributed by atoms with Gasteiger partial charge in [-0.15, -0.1) is 0 Å². The number of fused-ring (bicyclic) bond motifs is 2. The quantitative estimate of drug-likeness (QED) is 0.500. The van der Waals surface area contributed by atoms with Crippen LogP contribution in [0.1, 0.15) is 33.1 Å². The number of Topliss-reactive ketones (excluding diaryl/α,β-unsaturated/α-hetero) is 1. The minimum Gasteiger partial charge on any atom is -0.299 e. The van der Waals surface area contributed by atoms with Crippen LogP contribution < -0.4 is 0 Å². The van der Waals surface area contributed by atoms with Crippen LogP contribution in [-0.2, 0) is 4.79 Å². The average Bonchev–Trinajstić information content (AvgIpc) is 2.18. The Labute approximate surface area is 61.8 Å². The van der Waals surface area contributed by atoms with E-state index in [4.69, 9.17) is 0 Å². The molecule has 0 radical (unpaired) electrons. The second kappa shape index (κ2) is 1.63. The van der Waals surface area contributed by atoms with Crippen LogP contribution in [0.5, 0.6) is 0 Å². The van der Waals surface area contributed by atoms with E-state index in [1.165, 1.54) is 12.8 Å². The lowest BCUT2D eigenvalue weighted by Crippen LogP contribution is -2.27. The monoisotopic (exact) mass is 138 g/mol. The first-order valence-electron chi connectivity index (χ1n) is 4.12. The fraction of sp³-hybridized carbons (Fsp3) is 0.889. The van der Waals surface area contributed by atoms with Gasteiger partial charge in [0.15, 0.2) is 0 Å². The van der Waals surface area contributed by atoms with Crippen LogP contribution in [-0.4, -0.2) is 5.78 Å². The lowest BCUT2D eigenvalue weighted by molar-refractivity contribution is -0.125. The van der Waals surface area contributed by atoms with E-state index in [0.717, 1.165) is 12.3 Å². The van der Waals surface area contributed by atoms with E-state index in [-0.39, 0.29) is 0 Å². The first-order chi connectivity index (χ1) is 4.59. The van der Waals surface area contributed by atoms with E-state index in [0.29, 0.717) is 17.1 Å². The minimum atomic E-state index is 0.333. The molecule has 1 nitrogen and oxygen atoms in total. The van der Waals surface area contributed by atoms with Gasteiger partial charge in [-0.2, -0.15) is 0 Å². The van der Waals surface area contributed by atoms with Gasteiger partial charge in [0.25, 0.3) is 0 Å². The summed E-state index contributed by atoms with van der Waals surface area (Å²) in [5, 5.41) is 0. The molecule has 2 rings (SSSR count). The predicted octanol–water partition coefficient (Wildman–Crippen LogP) is 2.01. The van der Waals surface area contributed by atoms with E-state index in [9.17, 15) is 4.79 Å². The van der Waals surface area contributed by atoms with E-state index >= 15 is 0 Å². The van der Waals surface area contributed by atoms with Crippen molar-refractivity contribution in [3.05, 3.63) is 0 Å². The summed E-state index contributed by atoms with van der Waals surface area (Å²) in [5.41, 5.74) is 0.333. The third-order valence-corrected chi connectivity index (χ3v) is 3.21. The summed E-state index contributed by atoms with van der Waals surface area (Å²) in [5.74, 6) is 1.69. The Bertz CT molecular complexity index is 181. The average molecular weight is 138 g/mol. The molecule has 0 amide bonds. The zero-order valence-corrected chi connectivity index (χ0v) is 6.68. The molecule has 0 spiro atoms. The van der Waals surface area contributed by atoms with Crippen LogP contribution in [0.2, 0.25) is 0 Å². The van der Waals surface area contributed by atoms with Crippen molar-refractivity contribution < 1.29 is 4.79 Å². The number of carbonyl (C=O) groups is 1. The van der Waals surface area contributed by atoms with Crippen LogP contribution >= 0.6 is 0 Å². The second-order valence-corrected chi connectivity index (χ2v) is 4.52. The van der Waals surface area contributed by atoms with Crippen molar-refractivity contribution in [3.8, 4) is 0 Å². The summed E-state index contributed by atoms with van der Waals surface area (Å²) in [6.45, 7) is 4.46. The summed E-state index contributed by atoms with van der Waals surface area (Å²) in [7, 11) is 0. The molecule has 1 heteroatoms. The van der Waals surface area contributed by atoms with E-state index < -0.39 is 0 Å². The number of rotatable bonds is 0. The van der Waals surface area contributed by atoms with Gasteiger partial charge in [-0.05, 0) is 24.2 Å². The highest BCUT2D eigenvalue weighted by molar-refractivity contribution is 5.85. The number of carbonyl (C=O) groups excluding carboxylic acids is 1. The molecule has 56 valence electrons. The lowest BCUT2D eigenvalue weighted by atomic mass is 9.76. The molecule has 2 bridgehead atoms. The molecule has 2 aliphatic rings. The molecule has 0 saturated heterocycles. The van der Waals surface area contributed by atoms with Gasteiger partial charge in [0, 0.05) is 12.3 Å². The second-order valence-electron chi connectivity index (χ2n) is 4.52. The maximum absolute atomic E-state index is 11.3. The molecule has 0 aromatic carbocycles. The SMILES string of the molecule is CC1(C)CC2CC(=O)C1C2. The third-order valence-electron chi connectivity index (χ3n) is 3.21. The molecular formula is C9H14O. The highest BCUT2D eigenvalue weighted by Crippen LogP contribution is 2.53. The van der Waals surface area contributed by atoms with Gasteiger partial charge in [-0.3, -0.25) is 4.79 Å². The molecule has 2 aliphatic carbocycles. The van der Waals surface area contributed by atoms with Crippen molar-refractivity contribution in [2.75, 3.05) is 0 Å². The standard InChI is InChI=1S/C9H14O/c1-9(2)5-6-3-7(9)8(10)4-6/h6-7H,3-5H2,1-2H3. The highest BCUT2D eigenvalue weighted by atomic mass is 16.1. The molecule has 2 unspecified atom stereocenters. The normalized spacial score (nSPS) is 42.8. The zero-order chi connectivity index (χ0) is 7.35. The number of hydrogen-bond donors (Lipinski definition) is 0. The Balaban J connectivity index is 2.28. The van der Waals surface area contributed by atoms with Crippen LogP contribution in [0.4, 0.5) is 0 Å². The van der Waals surface area contributed by atoms with Crippen molar-refractivity contribution in [2.45, 2.75) is 33.1 Å². The van der Waals surface area contributed by atoms with Gasteiger partial charge in [0.05, 0.1) is 0 Å². The molecular weight excluding hydrogens is 124 g/mol. The van der Waals surface area contributed by atoms with Crippen molar-refractivity contribution in [3.63, 3.8) is 0 Å². The Kier molecular flexibility index (Phi) is 1.04. The van der Waals surface area contributed by atoms with Crippen molar-refractivity contribution in [2.24, 2.45) is 17.3 Å². The Morgan fingerprint density at radius 1 is 1.50 bits per heavy atom. The van der Waals surface area contributed by atoms with Crippen molar-refractivity contribution in [1.82, 2.24) is 0 Å². The highest BCUT2D eigenvalue weighted by Gasteiger charge is 2.49. The minimum absolute atomic E-state index is 0.333. The summed E-state index contributed by atoms with van der Waals surface area (Å²) in [6, 6.07) is 0. The molecule has 0 aromatic rings. The van der Waals surface area contributed by atoms with Crippen LogP contribution in [0.3, 0.4) is 0 Å². The molecule has 2 atom stereocenters. The van der Waals surface area contributed by atoms with Crippen LogP contribution in [0, 0.1) is 17.3 Å². The first kappa shape index (κ1) is 6.38. The van der Waals surface area contributed by atoms with Gasteiger partial charge >= 0.3 is 0 Å². The predicted molar refractivity (Wildman–Crippen MR) is 39.6 cm³/mol. The summed E-state index contributed by atoms with van der Waals surface area (Å²) in [4.78, 5) is 11.3. The topological polar surface area (TPSA) is 17.1 Å². The summed E-state index contributed by atoms with van der Waals surface area (Å²) >= 11 is 0. The summed E-state index contributed by atoms with van der Waals surface area (Å²) < 4.78 is 0. The molecule has 0 aromatic heterocycles. The summed E-state index contributed by atoms with van der Waals surface area (Å²) in [6.07, 6.45) is 3.35. The van der Waals surface area contributed by atoms with Crippen LogP contribution in [0.15, 0.2) is 0 Å². The zero-order valence-electron chi connectivity index (χ0n) is 6.68. The van der Waals surface area contributed by atoms with E-state index in [1.807, 2.05) is 0 Å². The Hall–Kier alpha value is -0.330. The maximum Gasteiger partial charge on any atom is 0.136 e. The fourth-order valence-corrected chi connectivity index (χ4v) is 2.77. The number of ketones is 1. The molecule has 0 heterocycles. The lowest BCUT2D eigenvalue weighted by Gasteiger charge is -2.27.